The molecule has 1 N–H and O–H groups in total. The van der Waals surface area contributed by atoms with Crippen molar-refractivity contribution in [1.29, 1.82) is 0 Å². The number of benzene rings is 1. The fraction of sp³-hybridized carbons (Fsp3) is 0.600. The maximum Gasteiger partial charge on any atom is 0.123 e. The number of nitrogens with zero attached hydrogens (tertiary/aromatic N) is 1. The van der Waals surface area contributed by atoms with Gasteiger partial charge in [0.2, 0.25) is 0 Å². The van der Waals surface area contributed by atoms with Crippen LogP contribution in [-0.2, 0) is 6.42 Å². The van der Waals surface area contributed by atoms with Gasteiger partial charge in [-0.1, -0.05) is 19.1 Å². The summed E-state index contributed by atoms with van der Waals surface area (Å²) in [4.78, 5) is 2.42. The van der Waals surface area contributed by atoms with E-state index >= 15 is 0 Å². The quantitative estimate of drug-likeness (QED) is 0.888. The Kier molecular flexibility index (Phi) is 4.72. The minimum atomic E-state index is -0.219. The van der Waals surface area contributed by atoms with E-state index in [1.807, 2.05) is 12.1 Å². The minimum Gasteiger partial charge on any atom is -0.393 e. The fourth-order valence-corrected chi connectivity index (χ4v) is 2.74. The van der Waals surface area contributed by atoms with E-state index in [2.05, 4.69) is 11.8 Å². The highest BCUT2D eigenvalue weighted by Crippen LogP contribution is 2.21. The second-order valence-corrected chi connectivity index (χ2v) is 5.25. The molecule has 0 aliphatic carbocycles. The number of aliphatic hydroxyl groups excluding tert-OH is 1. The molecule has 1 fully saturated rings. The van der Waals surface area contributed by atoms with Crippen LogP contribution in [0.3, 0.4) is 0 Å². The first-order valence-electron chi connectivity index (χ1n) is 6.84. The summed E-state index contributed by atoms with van der Waals surface area (Å²) in [5.74, 6) is 0.0753. The van der Waals surface area contributed by atoms with Gasteiger partial charge in [-0.3, -0.25) is 0 Å². The van der Waals surface area contributed by atoms with Crippen LogP contribution in [0.5, 0.6) is 0 Å². The largest absolute Gasteiger partial charge is 0.393 e. The minimum absolute atomic E-state index is 0.199. The molecule has 1 saturated heterocycles. The Morgan fingerprint density at radius 3 is 2.72 bits per heavy atom. The zero-order valence-corrected chi connectivity index (χ0v) is 11.0. The van der Waals surface area contributed by atoms with E-state index in [9.17, 15) is 9.50 Å². The average Bonchev–Trinajstić information content (AvgIpc) is 2.36. The summed E-state index contributed by atoms with van der Waals surface area (Å²) < 4.78 is 12.8. The van der Waals surface area contributed by atoms with Crippen molar-refractivity contribution in [3.05, 3.63) is 35.6 Å². The fourth-order valence-electron chi connectivity index (χ4n) is 2.74. The van der Waals surface area contributed by atoms with Gasteiger partial charge in [0.15, 0.2) is 0 Å². The van der Waals surface area contributed by atoms with Crippen LogP contribution in [0.4, 0.5) is 4.39 Å². The van der Waals surface area contributed by atoms with Crippen molar-refractivity contribution < 1.29 is 9.50 Å². The molecule has 2 atom stereocenters. The van der Waals surface area contributed by atoms with Gasteiger partial charge in [-0.2, -0.15) is 0 Å². The zero-order chi connectivity index (χ0) is 13.0. The first-order valence-corrected chi connectivity index (χ1v) is 6.84. The Balaban J connectivity index is 1.95. The van der Waals surface area contributed by atoms with Crippen molar-refractivity contribution >= 4 is 0 Å². The highest BCUT2D eigenvalue weighted by atomic mass is 19.1. The Hall–Kier alpha value is -0.930. The molecule has 1 aromatic rings. The monoisotopic (exact) mass is 251 g/mol. The number of hydrogen-bond donors (Lipinski definition) is 1. The van der Waals surface area contributed by atoms with Crippen LogP contribution in [0.1, 0.15) is 25.3 Å². The second kappa shape index (κ2) is 6.30. The van der Waals surface area contributed by atoms with Gasteiger partial charge in [0.25, 0.3) is 0 Å². The molecule has 0 aromatic heterocycles. The van der Waals surface area contributed by atoms with E-state index in [1.165, 1.54) is 12.1 Å². The van der Waals surface area contributed by atoms with Gasteiger partial charge < -0.3 is 10.0 Å². The third kappa shape index (κ3) is 3.53. The molecule has 1 aliphatic rings. The van der Waals surface area contributed by atoms with Gasteiger partial charge in [0, 0.05) is 19.0 Å². The van der Waals surface area contributed by atoms with Crippen LogP contribution in [0.25, 0.3) is 0 Å². The lowest BCUT2D eigenvalue weighted by atomic mass is 9.88. The Morgan fingerprint density at radius 2 is 2.06 bits per heavy atom. The van der Waals surface area contributed by atoms with E-state index in [0.717, 1.165) is 44.5 Å². The summed E-state index contributed by atoms with van der Waals surface area (Å²) in [5, 5.41) is 10.1. The van der Waals surface area contributed by atoms with Gasteiger partial charge in [-0.25, -0.2) is 4.39 Å². The smallest absolute Gasteiger partial charge is 0.123 e. The van der Waals surface area contributed by atoms with E-state index in [4.69, 9.17) is 0 Å². The third-order valence-electron chi connectivity index (χ3n) is 3.73. The van der Waals surface area contributed by atoms with Crippen molar-refractivity contribution in [3.8, 4) is 0 Å². The van der Waals surface area contributed by atoms with Gasteiger partial charge in [0.1, 0.15) is 5.82 Å². The predicted octanol–water partition coefficient (Wildman–Crippen LogP) is 2.46. The summed E-state index contributed by atoms with van der Waals surface area (Å²) in [5.41, 5.74) is 1.11. The molecule has 100 valence electrons. The van der Waals surface area contributed by atoms with Gasteiger partial charge in [-0.05, 0) is 43.5 Å². The SMILES string of the molecule is CCCN1CCC(O)C(Cc2ccc(F)cc2)C1. The predicted molar refractivity (Wildman–Crippen MR) is 70.9 cm³/mol. The Morgan fingerprint density at radius 1 is 1.33 bits per heavy atom. The van der Waals surface area contributed by atoms with Crippen LogP contribution in [0.2, 0.25) is 0 Å². The molecule has 2 rings (SSSR count). The molecule has 0 amide bonds. The van der Waals surface area contributed by atoms with Crippen LogP contribution in [0.15, 0.2) is 24.3 Å². The first-order chi connectivity index (χ1) is 8.69. The Labute approximate surface area is 108 Å². The van der Waals surface area contributed by atoms with Crippen molar-refractivity contribution in [3.63, 3.8) is 0 Å². The van der Waals surface area contributed by atoms with Crippen LogP contribution >= 0.6 is 0 Å². The highest BCUT2D eigenvalue weighted by molar-refractivity contribution is 5.17. The molecule has 1 heterocycles. The summed E-state index contributed by atoms with van der Waals surface area (Å²) in [7, 11) is 0. The Bertz CT molecular complexity index is 365. The van der Waals surface area contributed by atoms with Crippen molar-refractivity contribution in [2.75, 3.05) is 19.6 Å². The number of likely N-dealkylation sites (tertiary alicyclic amines) is 1. The summed E-state index contributed by atoms with van der Waals surface area (Å²) in [6.45, 7) is 5.23. The van der Waals surface area contributed by atoms with Gasteiger partial charge >= 0.3 is 0 Å². The first kappa shape index (κ1) is 13.5. The third-order valence-corrected chi connectivity index (χ3v) is 3.73. The van der Waals surface area contributed by atoms with Crippen molar-refractivity contribution in [2.24, 2.45) is 5.92 Å². The molecule has 0 saturated carbocycles. The topological polar surface area (TPSA) is 23.5 Å². The lowest BCUT2D eigenvalue weighted by molar-refractivity contribution is 0.0270. The maximum atomic E-state index is 12.8. The van der Waals surface area contributed by atoms with Gasteiger partial charge in [-0.15, -0.1) is 0 Å². The normalized spacial score (nSPS) is 25.3. The molecule has 1 aliphatic heterocycles. The lowest BCUT2D eigenvalue weighted by Gasteiger charge is -2.36. The zero-order valence-electron chi connectivity index (χ0n) is 11.0. The second-order valence-electron chi connectivity index (χ2n) is 5.25. The molecular weight excluding hydrogens is 229 g/mol. The summed E-state index contributed by atoms with van der Waals surface area (Å²) in [6, 6.07) is 6.63. The van der Waals surface area contributed by atoms with E-state index in [-0.39, 0.29) is 17.8 Å². The number of aliphatic hydroxyl groups is 1. The average molecular weight is 251 g/mol. The molecule has 2 unspecified atom stereocenters. The number of piperidine rings is 1. The van der Waals surface area contributed by atoms with Crippen molar-refractivity contribution in [2.45, 2.75) is 32.3 Å². The standard InChI is InChI=1S/C15H22FNO/c1-2-8-17-9-7-15(18)13(11-17)10-12-3-5-14(16)6-4-12/h3-6,13,15,18H,2,7-11H2,1H3. The van der Waals surface area contributed by atoms with E-state index in [1.54, 1.807) is 0 Å². The molecule has 0 bridgehead atoms. The van der Waals surface area contributed by atoms with E-state index in [0.29, 0.717) is 0 Å². The molecule has 1 aromatic carbocycles. The lowest BCUT2D eigenvalue weighted by Crippen LogP contribution is -2.44. The maximum absolute atomic E-state index is 12.8. The number of halogens is 1. The molecule has 18 heavy (non-hydrogen) atoms. The molecule has 3 heteroatoms. The molecular formula is C15H22FNO. The molecule has 0 radical (unpaired) electrons. The summed E-state index contributed by atoms with van der Waals surface area (Å²) in [6.07, 6.45) is 2.62. The van der Waals surface area contributed by atoms with E-state index < -0.39 is 0 Å². The molecule has 2 nitrogen and oxygen atoms in total. The highest BCUT2D eigenvalue weighted by Gasteiger charge is 2.27. The number of rotatable bonds is 4. The van der Waals surface area contributed by atoms with Gasteiger partial charge in [0.05, 0.1) is 6.10 Å². The van der Waals surface area contributed by atoms with Crippen LogP contribution in [-0.4, -0.2) is 35.7 Å². The van der Waals surface area contributed by atoms with Crippen LogP contribution in [0, 0.1) is 11.7 Å². The number of hydrogen-bond acceptors (Lipinski definition) is 2. The summed E-state index contributed by atoms with van der Waals surface area (Å²) >= 11 is 0. The van der Waals surface area contributed by atoms with Crippen molar-refractivity contribution in [1.82, 2.24) is 4.90 Å². The molecule has 0 spiro atoms. The van der Waals surface area contributed by atoms with Crippen LogP contribution < -0.4 is 0 Å².